The Labute approximate surface area is 471 Å². The van der Waals surface area contributed by atoms with Gasteiger partial charge in [0.15, 0.2) is 16.6 Å². The van der Waals surface area contributed by atoms with E-state index in [1.54, 1.807) is 58.8 Å². The number of allylic oxidation sites excluding steroid dienone is 2. The average Bonchev–Trinajstić information content (AvgIpc) is 3.35. The normalized spacial score (nSPS) is 14.5. The SMILES string of the molecule is C.C.C=CC[C@H](C)[C@@H](C[C@@H](CCOCc1ccc(OC)cc1)O[Si](C)(C)C(C)(C)C)OCOC.C=CC[C@H](COS(=O)(=O)c1ccc(C)cc1)[C@@H](C[C@@H](CCOCc1ccc(OC)cc1)O[Si](C)(C)C(C)(C)C)OCOC. The summed E-state index contributed by atoms with van der Waals surface area (Å²) in [7, 11) is -1.49. The molecular weight excluding hydrogens is 1030 g/mol. The second kappa shape index (κ2) is 36.9. The van der Waals surface area contributed by atoms with Crippen molar-refractivity contribution in [1.82, 2.24) is 0 Å². The van der Waals surface area contributed by atoms with Crippen molar-refractivity contribution >= 4 is 26.8 Å². The molecule has 0 unspecified atom stereocenters. The third-order valence-electron chi connectivity index (χ3n) is 14.3. The fraction of sp³-hybridized carbons (Fsp3) is 0.639. The minimum absolute atomic E-state index is 0. The second-order valence-corrected chi connectivity index (χ2v) is 33.5. The molecule has 77 heavy (non-hydrogen) atoms. The molecule has 3 aromatic carbocycles. The van der Waals surface area contributed by atoms with Crippen LogP contribution in [0.5, 0.6) is 11.5 Å². The molecule has 0 fully saturated rings. The maximum atomic E-state index is 13.0. The summed E-state index contributed by atoms with van der Waals surface area (Å²) >= 11 is 0. The zero-order valence-electron chi connectivity index (χ0n) is 48.9. The van der Waals surface area contributed by atoms with Gasteiger partial charge in [-0.1, -0.05) is 117 Å². The highest BCUT2D eigenvalue weighted by atomic mass is 32.2. The first-order chi connectivity index (χ1) is 35.3. The van der Waals surface area contributed by atoms with Gasteiger partial charge >= 0.3 is 0 Å². The van der Waals surface area contributed by atoms with Crippen LogP contribution < -0.4 is 9.47 Å². The number of aryl methyl sites for hydroxylation is 1. The van der Waals surface area contributed by atoms with Crippen LogP contribution in [-0.4, -0.2) is 111 Å². The van der Waals surface area contributed by atoms with Crippen molar-refractivity contribution in [2.45, 2.75) is 188 Å². The maximum absolute atomic E-state index is 13.0. The molecule has 442 valence electrons. The molecule has 0 spiro atoms. The van der Waals surface area contributed by atoms with E-state index in [9.17, 15) is 8.42 Å². The topological polar surface area (TPSA) is 136 Å². The maximum Gasteiger partial charge on any atom is 0.296 e. The molecule has 0 aromatic heterocycles. The Morgan fingerprint density at radius 1 is 0.597 bits per heavy atom. The Kier molecular flexibility index (Phi) is 35.4. The van der Waals surface area contributed by atoms with E-state index in [0.29, 0.717) is 51.6 Å². The quantitative estimate of drug-likeness (QED) is 0.0180. The number of methoxy groups -OCH3 is 4. The van der Waals surface area contributed by atoms with E-state index in [4.69, 9.17) is 50.9 Å². The molecule has 0 saturated carbocycles. The van der Waals surface area contributed by atoms with Gasteiger partial charge in [0.05, 0.1) is 51.1 Å². The van der Waals surface area contributed by atoms with Crippen molar-refractivity contribution in [1.29, 1.82) is 0 Å². The predicted octanol–water partition coefficient (Wildman–Crippen LogP) is 15.1. The zero-order chi connectivity index (χ0) is 56.3. The van der Waals surface area contributed by atoms with Crippen LogP contribution in [0, 0.1) is 18.8 Å². The van der Waals surface area contributed by atoms with Crippen molar-refractivity contribution in [3.05, 3.63) is 115 Å². The first kappa shape index (κ1) is 73.8. The summed E-state index contributed by atoms with van der Waals surface area (Å²) in [5.74, 6) is 1.71. The Balaban J connectivity index is 0.00000152. The number of hydrogen-bond acceptors (Lipinski definition) is 13. The molecule has 0 aliphatic carbocycles. The fourth-order valence-electron chi connectivity index (χ4n) is 7.49. The highest BCUT2D eigenvalue weighted by Crippen LogP contribution is 2.40. The highest BCUT2D eigenvalue weighted by Gasteiger charge is 2.41. The lowest BCUT2D eigenvalue weighted by Gasteiger charge is -2.40. The van der Waals surface area contributed by atoms with Gasteiger partial charge in [0.1, 0.15) is 25.1 Å². The average molecular weight is 1140 g/mol. The van der Waals surface area contributed by atoms with Crippen LogP contribution in [0.2, 0.25) is 36.3 Å². The van der Waals surface area contributed by atoms with Gasteiger partial charge in [0.2, 0.25) is 0 Å². The van der Waals surface area contributed by atoms with Gasteiger partial charge in [-0.3, -0.25) is 4.18 Å². The number of rotatable bonds is 36. The smallest absolute Gasteiger partial charge is 0.296 e. The Bertz CT molecular complexity index is 2120. The fourth-order valence-corrected chi connectivity index (χ4v) is 11.2. The van der Waals surface area contributed by atoms with E-state index >= 15 is 0 Å². The van der Waals surface area contributed by atoms with Crippen LogP contribution >= 0.6 is 0 Å². The van der Waals surface area contributed by atoms with Gasteiger partial charge in [-0.15, -0.1) is 13.2 Å². The Morgan fingerprint density at radius 2 is 1.00 bits per heavy atom. The molecule has 0 heterocycles. The van der Waals surface area contributed by atoms with Gasteiger partial charge < -0.3 is 46.7 Å². The third kappa shape index (κ3) is 27.7. The largest absolute Gasteiger partial charge is 0.497 e. The molecular formula is C61H106O13SSi2. The first-order valence-electron chi connectivity index (χ1n) is 26.4. The zero-order valence-corrected chi connectivity index (χ0v) is 51.7. The van der Waals surface area contributed by atoms with Gasteiger partial charge in [0.25, 0.3) is 10.1 Å². The third-order valence-corrected chi connectivity index (χ3v) is 24.6. The molecule has 13 nitrogen and oxygen atoms in total. The van der Waals surface area contributed by atoms with E-state index in [1.165, 1.54) is 0 Å². The van der Waals surface area contributed by atoms with E-state index < -0.39 is 32.9 Å². The molecule has 0 saturated heterocycles. The van der Waals surface area contributed by atoms with E-state index in [1.807, 2.05) is 61.5 Å². The van der Waals surface area contributed by atoms with E-state index in [2.05, 4.69) is 87.8 Å². The molecule has 16 heteroatoms. The lowest BCUT2D eigenvalue weighted by Crippen LogP contribution is -2.45. The number of hydrogen-bond donors (Lipinski definition) is 0. The van der Waals surface area contributed by atoms with Crippen molar-refractivity contribution in [3.8, 4) is 11.5 Å². The molecule has 0 amide bonds. The minimum Gasteiger partial charge on any atom is -0.497 e. The number of benzene rings is 3. The van der Waals surface area contributed by atoms with Crippen molar-refractivity contribution < 1.29 is 59.3 Å². The summed E-state index contributed by atoms with van der Waals surface area (Å²) in [4.78, 5) is 0.123. The summed E-state index contributed by atoms with van der Waals surface area (Å²) in [6.07, 6.45) is 7.47. The predicted molar refractivity (Wildman–Crippen MR) is 321 cm³/mol. The van der Waals surface area contributed by atoms with Crippen molar-refractivity contribution in [2.24, 2.45) is 11.8 Å². The lowest BCUT2D eigenvalue weighted by atomic mass is 9.94. The van der Waals surface area contributed by atoms with Gasteiger partial charge in [0, 0.05) is 45.6 Å². The van der Waals surface area contributed by atoms with Crippen LogP contribution in [0.4, 0.5) is 0 Å². The molecule has 0 aliphatic rings. The lowest BCUT2D eigenvalue weighted by molar-refractivity contribution is -0.109. The van der Waals surface area contributed by atoms with Crippen LogP contribution in [0.3, 0.4) is 0 Å². The Hall–Kier alpha value is -3.24. The Morgan fingerprint density at radius 3 is 1.38 bits per heavy atom. The minimum atomic E-state index is -3.94. The molecule has 6 atom stereocenters. The summed E-state index contributed by atoms with van der Waals surface area (Å²) in [6.45, 7) is 36.9. The molecule has 0 radical (unpaired) electrons. The second-order valence-electron chi connectivity index (χ2n) is 22.4. The van der Waals surface area contributed by atoms with Crippen LogP contribution in [-0.2, 0) is 64.8 Å². The first-order valence-corrected chi connectivity index (χ1v) is 33.6. The molecule has 0 aliphatic heterocycles. The monoisotopic (exact) mass is 1130 g/mol. The summed E-state index contributed by atoms with van der Waals surface area (Å²) in [5, 5.41) is 0.147. The number of ether oxygens (including phenoxy) is 8. The molecule has 3 aromatic rings. The van der Waals surface area contributed by atoms with E-state index in [-0.39, 0.29) is 74.2 Å². The summed E-state index contributed by atoms with van der Waals surface area (Å²) in [5.41, 5.74) is 3.16. The summed E-state index contributed by atoms with van der Waals surface area (Å²) < 4.78 is 90.4. The molecule has 0 N–H and O–H groups in total. The summed E-state index contributed by atoms with van der Waals surface area (Å²) in [6, 6.07) is 22.4. The van der Waals surface area contributed by atoms with Gasteiger partial charge in [-0.05, 0) is 135 Å². The highest BCUT2D eigenvalue weighted by molar-refractivity contribution is 7.86. The van der Waals surface area contributed by atoms with Crippen LogP contribution in [0.1, 0.15) is 119 Å². The van der Waals surface area contributed by atoms with Crippen molar-refractivity contribution in [2.75, 3.05) is 61.8 Å². The molecule has 0 bridgehead atoms. The van der Waals surface area contributed by atoms with E-state index in [0.717, 1.165) is 47.5 Å². The van der Waals surface area contributed by atoms with Crippen molar-refractivity contribution in [3.63, 3.8) is 0 Å². The van der Waals surface area contributed by atoms with Gasteiger partial charge in [-0.25, -0.2) is 0 Å². The van der Waals surface area contributed by atoms with Crippen LogP contribution in [0.15, 0.2) is 103 Å². The van der Waals surface area contributed by atoms with Gasteiger partial charge in [-0.2, -0.15) is 8.42 Å². The standard InChI is InChI=1S/C33H52O8SSi.C26H46O5Si.2CH4/c1-10-11-28(24-40-42(34,35)31-18-12-26(2)13-19-31)32(39-25-36-6)22-30(41-43(8,9)33(3,4)5)20-21-38-23-27-14-16-29(37-7)17-15-27;1-10-11-21(2)25(30-20-27-6)18-24(31-32(8,9)26(3,4)5)16-17-29-19-22-12-14-23(28-7)15-13-22;;/h10,12-19,28,30,32H,1,11,20-25H2,2-9H3;10,12-15,21,24-25H,1,11,16-20H2,2-9H3;2*1H4/t28-,30-,32-;21-,24+,25+;;/m10../s1. The molecule has 3 rings (SSSR count). The van der Waals surface area contributed by atoms with Crippen LogP contribution in [0.25, 0.3) is 0 Å².